The molecule has 2 amide bonds. The van der Waals surface area contributed by atoms with E-state index in [-0.39, 0.29) is 17.1 Å². The van der Waals surface area contributed by atoms with Gasteiger partial charge in [0.2, 0.25) is 5.24 Å². The first-order chi connectivity index (χ1) is 14.2. The Bertz CT molecular complexity index is 803. The Morgan fingerprint density at radius 3 is 2.00 bits per heavy atom. The number of hydrazine groups is 1. The van der Waals surface area contributed by atoms with Crippen LogP contribution in [0.5, 0.6) is 0 Å². The summed E-state index contributed by atoms with van der Waals surface area (Å²) in [6, 6.07) is 4.18. The van der Waals surface area contributed by atoms with Gasteiger partial charge in [-0.15, -0.1) is 0 Å². The van der Waals surface area contributed by atoms with Gasteiger partial charge in [0.1, 0.15) is 5.92 Å². The first-order valence-corrected chi connectivity index (χ1v) is 11.1. The second-order valence-electron chi connectivity index (χ2n) is 8.66. The van der Waals surface area contributed by atoms with Gasteiger partial charge in [0.05, 0.1) is 26.3 Å². The first kappa shape index (κ1) is 22.8. The number of carbonyl (C=O) groups is 3. The van der Waals surface area contributed by atoms with Crippen LogP contribution in [0.2, 0.25) is 0 Å². The van der Waals surface area contributed by atoms with Crippen molar-refractivity contribution < 1.29 is 19.1 Å². The summed E-state index contributed by atoms with van der Waals surface area (Å²) in [4.78, 5) is 38.1. The summed E-state index contributed by atoms with van der Waals surface area (Å²) in [5.41, 5.74) is 3.44. The first-order valence-electron chi connectivity index (χ1n) is 10.8. The molecule has 2 heterocycles. The number of carbonyl (C=O) groups excluding carboxylic acids is 3. The Kier molecular flexibility index (Phi) is 6.88. The molecule has 30 heavy (non-hydrogen) atoms. The van der Waals surface area contributed by atoms with Crippen LogP contribution in [0.25, 0.3) is 0 Å². The predicted molar refractivity (Wildman–Crippen MR) is 115 cm³/mol. The van der Waals surface area contributed by atoms with Gasteiger partial charge >= 0.3 is 0 Å². The normalized spacial score (nSPS) is 18.0. The molecule has 1 aromatic carbocycles. The van der Waals surface area contributed by atoms with E-state index in [1.165, 1.54) is 0 Å². The molecule has 2 saturated heterocycles. The van der Waals surface area contributed by atoms with Crippen molar-refractivity contribution in [3.05, 3.63) is 34.4 Å². The van der Waals surface area contributed by atoms with Crippen LogP contribution in [0, 0.1) is 5.41 Å². The van der Waals surface area contributed by atoms with Crippen molar-refractivity contribution in [3.63, 3.8) is 0 Å². The SMILES string of the molecule is CCc1cc(CCC(C)(C)C(=O)Cl)cc(CC)c1C1C(=O)N2CCOCCN2C1=O. The molecule has 0 atom stereocenters. The second-order valence-corrected chi connectivity index (χ2v) is 9.00. The molecule has 2 fully saturated rings. The molecule has 0 saturated carbocycles. The number of amides is 2. The lowest BCUT2D eigenvalue weighted by molar-refractivity contribution is -0.145. The highest BCUT2D eigenvalue weighted by molar-refractivity contribution is 6.64. The number of benzene rings is 1. The molecule has 0 radical (unpaired) electrons. The van der Waals surface area contributed by atoms with Gasteiger partial charge in [-0.1, -0.05) is 39.8 Å². The molecule has 7 heteroatoms. The lowest BCUT2D eigenvalue weighted by Crippen LogP contribution is -2.41. The summed E-state index contributed by atoms with van der Waals surface area (Å²) in [7, 11) is 0. The standard InChI is InChI=1S/C23H31ClN2O4/c1-5-16-13-15(7-8-23(3,4)22(24)29)14-17(6-2)18(16)19-20(27)25-9-11-30-12-10-26(25)21(19)28/h13-14,19H,5-12H2,1-4H3. The van der Waals surface area contributed by atoms with Crippen LogP contribution < -0.4 is 0 Å². The smallest absolute Gasteiger partial charge is 0.258 e. The Balaban J connectivity index is 1.96. The van der Waals surface area contributed by atoms with Crippen molar-refractivity contribution >= 4 is 28.7 Å². The van der Waals surface area contributed by atoms with E-state index in [0.29, 0.717) is 39.1 Å². The van der Waals surface area contributed by atoms with Gasteiger partial charge in [0.15, 0.2) is 0 Å². The van der Waals surface area contributed by atoms with Crippen molar-refractivity contribution in [1.29, 1.82) is 0 Å². The third-order valence-electron chi connectivity index (χ3n) is 6.22. The highest BCUT2D eigenvalue weighted by Gasteiger charge is 2.48. The average Bonchev–Trinajstić information content (AvgIpc) is 2.88. The van der Waals surface area contributed by atoms with E-state index < -0.39 is 11.3 Å². The molecular formula is C23H31ClN2O4. The van der Waals surface area contributed by atoms with Crippen LogP contribution in [0.3, 0.4) is 0 Å². The quantitative estimate of drug-likeness (QED) is 0.488. The van der Waals surface area contributed by atoms with Gasteiger partial charge in [-0.05, 0) is 59.5 Å². The molecule has 1 aromatic rings. The fraction of sp³-hybridized carbons (Fsp3) is 0.609. The van der Waals surface area contributed by atoms with E-state index in [9.17, 15) is 14.4 Å². The van der Waals surface area contributed by atoms with Gasteiger partial charge in [-0.25, -0.2) is 10.0 Å². The molecule has 2 aliphatic rings. The van der Waals surface area contributed by atoms with Crippen LogP contribution in [0.1, 0.15) is 62.3 Å². The van der Waals surface area contributed by atoms with Gasteiger partial charge in [-0.3, -0.25) is 14.4 Å². The summed E-state index contributed by atoms with van der Waals surface area (Å²) in [5, 5.41) is 2.78. The Morgan fingerprint density at radius 2 is 1.57 bits per heavy atom. The summed E-state index contributed by atoms with van der Waals surface area (Å²) in [6.07, 6.45) is 2.82. The van der Waals surface area contributed by atoms with Crippen molar-refractivity contribution in [3.8, 4) is 0 Å². The molecule has 164 valence electrons. The number of hydrogen-bond donors (Lipinski definition) is 0. The van der Waals surface area contributed by atoms with Gasteiger partial charge in [0, 0.05) is 5.41 Å². The van der Waals surface area contributed by atoms with Crippen molar-refractivity contribution in [2.24, 2.45) is 5.41 Å². The molecule has 0 aromatic heterocycles. The summed E-state index contributed by atoms with van der Waals surface area (Å²) in [6.45, 7) is 9.49. The molecule has 0 unspecified atom stereocenters. The van der Waals surface area contributed by atoms with Crippen molar-refractivity contribution in [2.75, 3.05) is 26.3 Å². The molecule has 0 aliphatic carbocycles. The largest absolute Gasteiger partial charge is 0.378 e. The number of aryl methyl sites for hydroxylation is 3. The maximum Gasteiger partial charge on any atom is 0.258 e. The third kappa shape index (κ3) is 4.26. The highest BCUT2D eigenvalue weighted by Crippen LogP contribution is 2.36. The highest BCUT2D eigenvalue weighted by atomic mass is 35.5. The van der Waals surface area contributed by atoms with Crippen LogP contribution in [0.4, 0.5) is 0 Å². The van der Waals surface area contributed by atoms with E-state index in [1.54, 1.807) is 10.0 Å². The number of ether oxygens (including phenoxy) is 1. The minimum absolute atomic E-state index is 0.156. The van der Waals surface area contributed by atoms with E-state index >= 15 is 0 Å². The van der Waals surface area contributed by atoms with Crippen LogP contribution in [-0.4, -0.2) is 53.4 Å². The number of halogens is 1. The molecular weight excluding hydrogens is 404 g/mol. The van der Waals surface area contributed by atoms with E-state index in [1.807, 2.05) is 27.7 Å². The minimum atomic E-state index is -0.775. The topological polar surface area (TPSA) is 66.9 Å². The summed E-state index contributed by atoms with van der Waals surface area (Å²) >= 11 is 5.74. The molecule has 6 nitrogen and oxygen atoms in total. The van der Waals surface area contributed by atoms with Gasteiger partial charge in [0.25, 0.3) is 11.8 Å². The molecule has 0 bridgehead atoms. The maximum atomic E-state index is 13.2. The van der Waals surface area contributed by atoms with Crippen molar-refractivity contribution in [2.45, 2.75) is 59.3 Å². The predicted octanol–water partition coefficient (Wildman–Crippen LogP) is 3.24. The van der Waals surface area contributed by atoms with E-state index in [0.717, 1.165) is 35.1 Å². The minimum Gasteiger partial charge on any atom is -0.378 e. The van der Waals surface area contributed by atoms with Crippen LogP contribution in [0.15, 0.2) is 12.1 Å². The van der Waals surface area contributed by atoms with Gasteiger partial charge in [-0.2, -0.15) is 0 Å². The number of fused-ring (bicyclic) bond motifs is 1. The second kappa shape index (κ2) is 9.06. The van der Waals surface area contributed by atoms with Crippen LogP contribution in [-0.2, 0) is 38.4 Å². The van der Waals surface area contributed by atoms with Crippen LogP contribution >= 0.6 is 11.6 Å². The Hall–Kier alpha value is -1.92. The lowest BCUT2D eigenvalue weighted by Gasteiger charge is -2.23. The zero-order chi connectivity index (χ0) is 22.1. The third-order valence-corrected chi connectivity index (χ3v) is 6.73. The zero-order valence-electron chi connectivity index (χ0n) is 18.3. The number of nitrogens with zero attached hydrogens (tertiary/aromatic N) is 2. The monoisotopic (exact) mass is 434 g/mol. The van der Waals surface area contributed by atoms with E-state index in [4.69, 9.17) is 16.3 Å². The maximum absolute atomic E-state index is 13.2. The van der Waals surface area contributed by atoms with Crippen molar-refractivity contribution in [1.82, 2.24) is 10.0 Å². The Labute approximate surface area is 183 Å². The fourth-order valence-corrected chi connectivity index (χ4v) is 4.36. The van der Waals surface area contributed by atoms with Gasteiger partial charge < -0.3 is 4.74 Å². The fourth-order valence-electron chi connectivity index (χ4n) is 4.26. The van der Waals surface area contributed by atoms with E-state index in [2.05, 4.69) is 12.1 Å². The lowest BCUT2D eigenvalue weighted by atomic mass is 9.83. The number of hydrogen-bond acceptors (Lipinski definition) is 4. The molecule has 0 spiro atoms. The molecule has 3 rings (SSSR count). The summed E-state index contributed by atoms with van der Waals surface area (Å²) < 4.78 is 5.42. The zero-order valence-corrected chi connectivity index (χ0v) is 19.1. The average molecular weight is 435 g/mol. The molecule has 0 N–H and O–H groups in total. The molecule has 2 aliphatic heterocycles. The summed E-state index contributed by atoms with van der Waals surface area (Å²) in [5.74, 6) is -1.09. The Morgan fingerprint density at radius 1 is 1.07 bits per heavy atom. The number of rotatable bonds is 7.